The summed E-state index contributed by atoms with van der Waals surface area (Å²) in [6.07, 6.45) is 7.24. The minimum absolute atomic E-state index is 0.0177. The Hall–Kier alpha value is -2.23. The van der Waals surface area contributed by atoms with Gasteiger partial charge in [-0.25, -0.2) is 9.97 Å². The van der Waals surface area contributed by atoms with Crippen LogP contribution in [-0.2, 0) is 25.1 Å². The zero-order valence-electron chi connectivity index (χ0n) is 17.2. The Bertz CT molecular complexity index is 1430. The second kappa shape index (κ2) is 8.37. The minimum Gasteiger partial charge on any atom is -0.283 e. The highest BCUT2D eigenvalue weighted by molar-refractivity contribution is 7.98. The lowest BCUT2D eigenvalue weighted by molar-refractivity contribution is 0.671. The van der Waals surface area contributed by atoms with Crippen LogP contribution in [0, 0.1) is 6.92 Å². The number of thioether (sulfide) groups is 1. The van der Waals surface area contributed by atoms with Crippen LogP contribution in [0.1, 0.15) is 41.1 Å². The molecule has 4 heterocycles. The molecule has 5 rings (SSSR count). The van der Waals surface area contributed by atoms with Crippen molar-refractivity contribution in [1.82, 2.24) is 18.9 Å². The molecule has 0 spiro atoms. The molecular formula is C22H22N4O2S3. The van der Waals surface area contributed by atoms with Crippen molar-refractivity contribution in [3.8, 4) is 0 Å². The number of aryl methyl sites for hydroxylation is 3. The molecule has 0 saturated carbocycles. The summed E-state index contributed by atoms with van der Waals surface area (Å²) in [5, 5.41) is 3.37. The lowest BCUT2D eigenvalue weighted by Gasteiger charge is -2.10. The molecule has 0 bridgehead atoms. The van der Waals surface area contributed by atoms with E-state index in [0.29, 0.717) is 28.1 Å². The van der Waals surface area contributed by atoms with E-state index in [0.717, 1.165) is 35.2 Å². The topological polar surface area (TPSA) is 69.3 Å². The normalized spacial score (nSPS) is 14.1. The number of aromatic nitrogens is 4. The highest BCUT2D eigenvalue weighted by atomic mass is 32.2. The van der Waals surface area contributed by atoms with Crippen molar-refractivity contribution in [1.29, 1.82) is 0 Å². The summed E-state index contributed by atoms with van der Waals surface area (Å²) in [6.45, 7) is 6.14. The van der Waals surface area contributed by atoms with Crippen molar-refractivity contribution in [3.05, 3.63) is 66.6 Å². The fourth-order valence-corrected chi connectivity index (χ4v) is 7.20. The van der Waals surface area contributed by atoms with E-state index in [1.54, 1.807) is 32.4 Å². The highest BCUT2D eigenvalue weighted by Crippen LogP contribution is 2.34. The molecule has 31 heavy (non-hydrogen) atoms. The van der Waals surface area contributed by atoms with E-state index in [1.165, 1.54) is 46.4 Å². The van der Waals surface area contributed by atoms with Gasteiger partial charge in [-0.15, -0.1) is 29.3 Å². The monoisotopic (exact) mass is 470 g/mol. The van der Waals surface area contributed by atoms with Gasteiger partial charge in [0.2, 0.25) is 0 Å². The first-order valence-electron chi connectivity index (χ1n) is 10.3. The number of fused-ring (bicyclic) bond motifs is 4. The third-order valence-corrected chi connectivity index (χ3v) is 8.72. The molecule has 6 nitrogen and oxygen atoms in total. The second-order valence-corrected chi connectivity index (χ2v) is 10.6. The molecule has 0 aromatic carbocycles. The van der Waals surface area contributed by atoms with Crippen LogP contribution < -0.4 is 11.1 Å². The van der Waals surface area contributed by atoms with E-state index < -0.39 is 0 Å². The Labute approximate surface area is 191 Å². The van der Waals surface area contributed by atoms with E-state index in [1.807, 2.05) is 12.3 Å². The van der Waals surface area contributed by atoms with Gasteiger partial charge in [0.05, 0.1) is 11.1 Å². The van der Waals surface area contributed by atoms with Crippen LogP contribution in [0.3, 0.4) is 0 Å². The lowest BCUT2D eigenvalue weighted by Crippen LogP contribution is -2.23. The maximum Gasteiger partial charge on any atom is 0.263 e. The third kappa shape index (κ3) is 3.68. The van der Waals surface area contributed by atoms with Crippen molar-refractivity contribution in [3.63, 3.8) is 0 Å². The molecule has 0 radical (unpaired) electrons. The average molecular weight is 471 g/mol. The molecule has 4 aromatic rings. The molecular weight excluding hydrogens is 448 g/mol. The lowest BCUT2D eigenvalue weighted by atomic mass is 10.1. The first-order chi connectivity index (χ1) is 15.1. The molecule has 0 aliphatic heterocycles. The molecule has 0 N–H and O–H groups in total. The Morgan fingerprint density at radius 3 is 2.90 bits per heavy atom. The number of hydrogen-bond acceptors (Lipinski definition) is 7. The molecule has 1 aliphatic rings. The van der Waals surface area contributed by atoms with Crippen molar-refractivity contribution >= 4 is 49.6 Å². The van der Waals surface area contributed by atoms with E-state index in [9.17, 15) is 9.59 Å². The van der Waals surface area contributed by atoms with Crippen LogP contribution in [0.5, 0.6) is 0 Å². The van der Waals surface area contributed by atoms with Gasteiger partial charge in [0.25, 0.3) is 11.1 Å². The first-order valence-corrected chi connectivity index (χ1v) is 13.0. The Kier molecular flexibility index (Phi) is 5.58. The van der Waals surface area contributed by atoms with Crippen molar-refractivity contribution in [2.45, 2.75) is 56.5 Å². The number of rotatable bonds is 5. The SMILES string of the molecule is C=CCn1c(SCc2cc(=O)n3c(C)csc3n2)nc2sc3c(c2c1=O)CCCCC3. The number of nitrogens with zero attached hydrogens (tertiary/aromatic N) is 4. The molecule has 0 unspecified atom stereocenters. The summed E-state index contributed by atoms with van der Waals surface area (Å²) in [5.74, 6) is 0.475. The van der Waals surface area contributed by atoms with Gasteiger partial charge in [-0.2, -0.15) is 0 Å². The summed E-state index contributed by atoms with van der Waals surface area (Å²) in [4.78, 5) is 38.2. The fraction of sp³-hybridized carbons (Fsp3) is 0.364. The standard InChI is InChI=1S/C22H22N4O2S3/c1-3-9-25-20(28)18-15-7-5-4-6-8-16(15)31-19(18)24-21(25)30-12-14-10-17(27)26-13(2)11-29-22(26)23-14/h3,10-11H,1,4-9,12H2,2H3. The van der Waals surface area contributed by atoms with E-state index >= 15 is 0 Å². The van der Waals surface area contributed by atoms with Crippen LogP contribution >= 0.6 is 34.4 Å². The summed E-state index contributed by atoms with van der Waals surface area (Å²) in [6, 6.07) is 1.57. The Morgan fingerprint density at radius 1 is 1.23 bits per heavy atom. The quantitative estimate of drug-likeness (QED) is 0.185. The van der Waals surface area contributed by atoms with Crippen LogP contribution in [-0.4, -0.2) is 18.9 Å². The van der Waals surface area contributed by atoms with Gasteiger partial charge in [0, 0.05) is 34.3 Å². The van der Waals surface area contributed by atoms with Gasteiger partial charge in [-0.3, -0.25) is 18.6 Å². The molecule has 9 heteroatoms. The first kappa shape index (κ1) is 20.7. The Morgan fingerprint density at radius 2 is 2.06 bits per heavy atom. The highest BCUT2D eigenvalue weighted by Gasteiger charge is 2.21. The van der Waals surface area contributed by atoms with E-state index in [-0.39, 0.29) is 11.1 Å². The molecule has 0 fully saturated rings. The van der Waals surface area contributed by atoms with Crippen LogP contribution in [0.2, 0.25) is 0 Å². The number of thiazole rings is 1. The number of allylic oxidation sites excluding steroid dienone is 1. The van der Waals surface area contributed by atoms with Gasteiger partial charge < -0.3 is 0 Å². The molecule has 4 aromatic heterocycles. The van der Waals surface area contributed by atoms with E-state index in [4.69, 9.17) is 4.98 Å². The predicted molar refractivity (Wildman–Crippen MR) is 129 cm³/mol. The van der Waals surface area contributed by atoms with Crippen molar-refractivity contribution in [2.24, 2.45) is 0 Å². The van der Waals surface area contributed by atoms with Crippen LogP contribution in [0.4, 0.5) is 0 Å². The zero-order chi connectivity index (χ0) is 21.5. The second-order valence-electron chi connectivity index (χ2n) is 7.71. The molecule has 0 amide bonds. The summed E-state index contributed by atoms with van der Waals surface area (Å²) in [7, 11) is 0. The predicted octanol–water partition coefficient (Wildman–Crippen LogP) is 4.58. The van der Waals surface area contributed by atoms with Gasteiger partial charge in [0.1, 0.15) is 4.83 Å². The van der Waals surface area contributed by atoms with E-state index in [2.05, 4.69) is 11.6 Å². The van der Waals surface area contributed by atoms with Gasteiger partial charge in [-0.05, 0) is 38.2 Å². The van der Waals surface area contributed by atoms with Crippen LogP contribution in [0.15, 0.2) is 38.8 Å². The molecule has 0 atom stereocenters. The zero-order valence-corrected chi connectivity index (χ0v) is 19.7. The summed E-state index contributed by atoms with van der Waals surface area (Å²) < 4.78 is 3.33. The number of thiophene rings is 1. The molecule has 1 aliphatic carbocycles. The largest absolute Gasteiger partial charge is 0.283 e. The fourth-order valence-electron chi connectivity index (χ4n) is 4.11. The summed E-state index contributed by atoms with van der Waals surface area (Å²) in [5.41, 5.74) is 2.73. The van der Waals surface area contributed by atoms with Gasteiger partial charge >= 0.3 is 0 Å². The Balaban J connectivity index is 1.55. The molecule has 0 saturated heterocycles. The number of hydrogen-bond donors (Lipinski definition) is 0. The van der Waals surface area contributed by atoms with Crippen molar-refractivity contribution in [2.75, 3.05) is 0 Å². The smallest absolute Gasteiger partial charge is 0.263 e. The maximum atomic E-state index is 13.4. The van der Waals surface area contributed by atoms with Crippen molar-refractivity contribution < 1.29 is 0 Å². The third-order valence-electron chi connectivity index (χ3n) is 5.58. The van der Waals surface area contributed by atoms with Gasteiger partial charge in [0.15, 0.2) is 10.1 Å². The molecule has 160 valence electrons. The summed E-state index contributed by atoms with van der Waals surface area (Å²) >= 11 is 4.57. The maximum absolute atomic E-state index is 13.4. The average Bonchev–Trinajstić information content (AvgIpc) is 3.20. The van der Waals surface area contributed by atoms with Gasteiger partial charge in [-0.1, -0.05) is 24.3 Å². The minimum atomic E-state index is -0.0757. The van der Waals surface area contributed by atoms with Crippen LogP contribution in [0.25, 0.3) is 15.2 Å².